The Balaban J connectivity index is 1.66. The molecule has 1 fully saturated rings. The lowest BCUT2D eigenvalue weighted by Crippen LogP contribution is -2.39. The van der Waals surface area contributed by atoms with E-state index in [9.17, 15) is 5.11 Å². The molecule has 2 N–H and O–H groups in total. The zero-order valence-corrected chi connectivity index (χ0v) is 16.3. The number of methoxy groups -OCH3 is 2. The van der Waals surface area contributed by atoms with E-state index in [1.807, 2.05) is 18.2 Å². The minimum Gasteiger partial charge on any atom is -0.504 e. The summed E-state index contributed by atoms with van der Waals surface area (Å²) in [6.07, 6.45) is 3.85. The van der Waals surface area contributed by atoms with Gasteiger partial charge in [-0.2, -0.15) is 0 Å². The van der Waals surface area contributed by atoms with Gasteiger partial charge in [0.2, 0.25) is 0 Å². The molecule has 3 rings (SSSR count). The number of nitrogens with one attached hydrogen (secondary N) is 1. The predicted molar refractivity (Wildman–Crippen MR) is 108 cm³/mol. The molecule has 0 amide bonds. The standard InChI is InChI=1S/C22H30N2O3/c1-26-19-9-7-18(8-10-19)20(24-12-4-3-5-13-24)16-23-15-17-6-11-22(27-2)21(25)14-17/h6-11,14,20,23,25H,3-5,12-13,15-16H2,1-2H3. The van der Waals surface area contributed by atoms with E-state index >= 15 is 0 Å². The van der Waals surface area contributed by atoms with Gasteiger partial charge in [0.1, 0.15) is 5.75 Å². The smallest absolute Gasteiger partial charge is 0.160 e. The van der Waals surface area contributed by atoms with Crippen LogP contribution in [0, 0.1) is 0 Å². The van der Waals surface area contributed by atoms with Crippen molar-refractivity contribution >= 4 is 0 Å². The molecule has 1 aliphatic heterocycles. The minimum atomic E-state index is 0.180. The van der Waals surface area contributed by atoms with Crippen LogP contribution in [0.25, 0.3) is 0 Å². The van der Waals surface area contributed by atoms with Crippen LogP contribution in [-0.4, -0.2) is 43.9 Å². The SMILES string of the molecule is COc1ccc(C(CNCc2ccc(OC)c(O)c2)N2CCCCC2)cc1. The molecule has 2 aromatic carbocycles. The molecule has 0 aliphatic carbocycles. The number of piperidine rings is 1. The van der Waals surface area contributed by atoms with E-state index in [1.54, 1.807) is 26.4 Å². The Labute approximate surface area is 161 Å². The zero-order chi connectivity index (χ0) is 19.1. The van der Waals surface area contributed by atoms with Crippen molar-refractivity contribution < 1.29 is 14.6 Å². The summed E-state index contributed by atoms with van der Waals surface area (Å²) in [6.45, 7) is 3.85. The van der Waals surface area contributed by atoms with Crippen LogP contribution in [0.5, 0.6) is 17.2 Å². The largest absolute Gasteiger partial charge is 0.504 e. The highest BCUT2D eigenvalue weighted by molar-refractivity contribution is 5.41. The van der Waals surface area contributed by atoms with Crippen LogP contribution in [0.1, 0.15) is 36.4 Å². The fourth-order valence-corrected chi connectivity index (χ4v) is 3.71. The van der Waals surface area contributed by atoms with E-state index in [2.05, 4.69) is 22.3 Å². The number of benzene rings is 2. The average molecular weight is 370 g/mol. The Bertz CT molecular complexity index is 712. The van der Waals surface area contributed by atoms with E-state index in [-0.39, 0.29) is 5.75 Å². The summed E-state index contributed by atoms with van der Waals surface area (Å²) in [4.78, 5) is 2.57. The molecule has 0 spiro atoms. The summed E-state index contributed by atoms with van der Waals surface area (Å²) >= 11 is 0. The van der Waals surface area contributed by atoms with Crippen molar-refractivity contribution in [3.05, 3.63) is 53.6 Å². The Morgan fingerprint density at radius 1 is 1.00 bits per heavy atom. The molecular weight excluding hydrogens is 340 g/mol. The first-order valence-electron chi connectivity index (χ1n) is 9.66. The highest BCUT2D eigenvalue weighted by Crippen LogP contribution is 2.27. The maximum atomic E-state index is 9.96. The third-order valence-electron chi connectivity index (χ3n) is 5.24. The molecule has 0 saturated carbocycles. The third-order valence-corrected chi connectivity index (χ3v) is 5.24. The van der Waals surface area contributed by atoms with Crippen molar-refractivity contribution in [2.45, 2.75) is 31.8 Å². The number of ether oxygens (including phenoxy) is 2. The Morgan fingerprint density at radius 3 is 2.37 bits per heavy atom. The normalized spacial score (nSPS) is 16.1. The van der Waals surface area contributed by atoms with Crippen LogP contribution in [0.2, 0.25) is 0 Å². The van der Waals surface area contributed by atoms with E-state index < -0.39 is 0 Å². The lowest BCUT2D eigenvalue weighted by molar-refractivity contribution is 0.160. The summed E-state index contributed by atoms with van der Waals surface area (Å²) in [5.74, 6) is 1.57. The Kier molecular flexibility index (Phi) is 6.96. The van der Waals surface area contributed by atoms with Gasteiger partial charge in [-0.1, -0.05) is 24.6 Å². The summed E-state index contributed by atoms with van der Waals surface area (Å²) in [6, 6.07) is 14.3. The number of aromatic hydroxyl groups is 1. The second-order valence-corrected chi connectivity index (χ2v) is 7.02. The number of rotatable bonds is 8. The summed E-state index contributed by atoms with van der Waals surface area (Å²) in [5, 5.41) is 13.5. The van der Waals surface area contributed by atoms with Gasteiger partial charge in [0.25, 0.3) is 0 Å². The van der Waals surface area contributed by atoms with Gasteiger partial charge in [0.15, 0.2) is 11.5 Å². The summed E-state index contributed by atoms with van der Waals surface area (Å²) in [7, 11) is 3.26. The number of phenols is 1. The van der Waals surface area contributed by atoms with Crippen molar-refractivity contribution in [3.8, 4) is 17.2 Å². The second kappa shape index (κ2) is 9.62. The first-order valence-corrected chi connectivity index (χ1v) is 9.66. The summed E-state index contributed by atoms with van der Waals surface area (Å²) < 4.78 is 10.4. The zero-order valence-electron chi connectivity index (χ0n) is 16.3. The van der Waals surface area contributed by atoms with Gasteiger partial charge in [-0.3, -0.25) is 4.90 Å². The predicted octanol–water partition coefficient (Wildman–Crippen LogP) is 3.73. The maximum absolute atomic E-state index is 9.96. The number of likely N-dealkylation sites (tertiary alicyclic amines) is 1. The van der Waals surface area contributed by atoms with Gasteiger partial charge in [0, 0.05) is 19.1 Å². The van der Waals surface area contributed by atoms with Gasteiger partial charge in [-0.25, -0.2) is 0 Å². The van der Waals surface area contributed by atoms with Crippen molar-refractivity contribution in [2.24, 2.45) is 0 Å². The van der Waals surface area contributed by atoms with E-state index in [0.717, 1.165) is 30.9 Å². The topological polar surface area (TPSA) is 54.0 Å². The maximum Gasteiger partial charge on any atom is 0.160 e. The molecule has 5 nitrogen and oxygen atoms in total. The fourth-order valence-electron chi connectivity index (χ4n) is 3.71. The molecule has 27 heavy (non-hydrogen) atoms. The Morgan fingerprint density at radius 2 is 1.74 bits per heavy atom. The van der Waals surface area contributed by atoms with Gasteiger partial charge < -0.3 is 19.9 Å². The van der Waals surface area contributed by atoms with Crippen molar-refractivity contribution in [1.29, 1.82) is 0 Å². The Hall–Kier alpha value is -2.24. The molecule has 2 aromatic rings. The second-order valence-electron chi connectivity index (χ2n) is 7.02. The van der Waals surface area contributed by atoms with Crippen LogP contribution >= 0.6 is 0 Å². The van der Waals surface area contributed by atoms with Crippen LogP contribution < -0.4 is 14.8 Å². The molecule has 1 atom stereocenters. The van der Waals surface area contributed by atoms with Gasteiger partial charge >= 0.3 is 0 Å². The molecule has 1 unspecified atom stereocenters. The number of nitrogens with zero attached hydrogens (tertiary/aromatic N) is 1. The minimum absolute atomic E-state index is 0.180. The molecule has 1 aliphatic rings. The molecule has 146 valence electrons. The highest BCUT2D eigenvalue weighted by atomic mass is 16.5. The molecule has 1 heterocycles. The van der Waals surface area contributed by atoms with Crippen LogP contribution in [0.15, 0.2) is 42.5 Å². The first kappa shape index (κ1) is 19.5. The first-order chi connectivity index (χ1) is 13.2. The molecule has 0 aromatic heterocycles. The molecule has 0 radical (unpaired) electrons. The van der Waals surface area contributed by atoms with Crippen LogP contribution in [0.4, 0.5) is 0 Å². The fraction of sp³-hybridized carbons (Fsp3) is 0.455. The van der Waals surface area contributed by atoms with Gasteiger partial charge in [0.05, 0.1) is 14.2 Å². The number of hydrogen-bond acceptors (Lipinski definition) is 5. The summed E-state index contributed by atoms with van der Waals surface area (Å²) in [5.41, 5.74) is 2.35. The average Bonchev–Trinajstić information content (AvgIpc) is 2.72. The molecule has 5 heteroatoms. The van der Waals surface area contributed by atoms with Crippen LogP contribution in [-0.2, 0) is 6.54 Å². The van der Waals surface area contributed by atoms with Crippen LogP contribution in [0.3, 0.4) is 0 Å². The molecular formula is C22H30N2O3. The van der Waals surface area contributed by atoms with Crippen molar-refractivity contribution in [3.63, 3.8) is 0 Å². The quantitative estimate of drug-likeness (QED) is 0.742. The number of phenolic OH excluding ortho intramolecular Hbond substituents is 1. The lowest BCUT2D eigenvalue weighted by atomic mass is 10.0. The van der Waals surface area contributed by atoms with Gasteiger partial charge in [-0.05, 0) is 61.3 Å². The lowest BCUT2D eigenvalue weighted by Gasteiger charge is -2.35. The third kappa shape index (κ3) is 5.15. The molecule has 1 saturated heterocycles. The number of hydrogen-bond donors (Lipinski definition) is 2. The monoisotopic (exact) mass is 370 g/mol. The van der Waals surface area contributed by atoms with E-state index in [1.165, 1.54) is 24.8 Å². The highest BCUT2D eigenvalue weighted by Gasteiger charge is 2.22. The molecule has 0 bridgehead atoms. The van der Waals surface area contributed by atoms with E-state index in [0.29, 0.717) is 18.3 Å². The van der Waals surface area contributed by atoms with Gasteiger partial charge in [-0.15, -0.1) is 0 Å². The van der Waals surface area contributed by atoms with E-state index in [4.69, 9.17) is 9.47 Å². The van der Waals surface area contributed by atoms with Crippen molar-refractivity contribution in [1.82, 2.24) is 10.2 Å². The van der Waals surface area contributed by atoms with Crippen molar-refractivity contribution in [2.75, 3.05) is 33.9 Å².